The van der Waals surface area contributed by atoms with E-state index in [-0.39, 0.29) is 12.5 Å². The van der Waals surface area contributed by atoms with Crippen LogP contribution in [0.15, 0.2) is 88.8 Å². The molecule has 0 spiro atoms. The molecule has 0 radical (unpaired) electrons. The minimum absolute atomic E-state index is 0.122. The molecular formula is C21H18N4OS. The van der Waals surface area contributed by atoms with E-state index in [0.717, 1.165) is 26.4 Å². The predicted molar refractivity (Wildman–Crippen MR) is 110 cm³/mol. The van der Waals surface area contributed by atoms with Gasteiger partial charge in [-0.15, -0.1) is 0 Å². The smallest absolute Gasteiger partial charge is 0.246 e. The standard InChI is InChI=1S/C21H18N4OS/c22-16-11-10-15-13-23-25(19(15)12-16)14-21(26)24-18-8-4-5-9-20(18)27-17-6-2-1-3-7-17/h1-13H,14,22H2,(H,24,26). The van der Waals surface area contributed by atoms with E-state index < -0.39 is 0 Å². The number of anilines is 2. The van der Waals surface area contributed by atoms with E-state index >= 15 is 0 Å². The number of rotatable bonds is 5. The fourth-order valence-corrected chi connectivity index (χ4v) is 3.74. The SMILES string of the molecule is Nc1ccc2cnn(CC(=O)Nc3ccccc3Sc3ccccc3)c2c1. The van der Waals surface area contributed by atoms with Gasteiger partial charge >= 0.3 is 0 Å². The number of carbonyl (C=O) groups is 1. The first-order valence-electron chi connectivity index (χ1n) is 8.52. The Labute approximate surface area is 161 Å². The number of aromatic nitrogens is 2. The lowest BCUT2D eigenvalue weighted by molar-refractivity contribution is -0.116. The van der Waals surface area contributed by atoms with Gasteiger partial charge < -0.3 is 11.1 Å². The molecule has 6 heteroatoms. The predicted octanol–water partition coefficient (Wildman–Crippen LogP) is 4.41. The molecule has 3 N–H and O–H groups in total. The Morgan fingerprint density at radius 3 is 2.67 bits per heavy atom. The summed E-state index contributed by atoms with van der Waals surface area (Å²) in [7, 11) is 0. The Morgan fingerprint density at radius 1 is 1.04 bits per heavy atom. The summed E-state index contributed by atoms with van der Waals surface area (Å²) in [6.07, 6.45) is 1.74. The molecular weight excluding hydrogens is 356 g/mol. The van der Waals surface area contributed by atoms with Gasteiger partial charge in [0.25, 0.3) is 0 Å². The topological polar surface area (TPSA) is 72.9 Å². The molecule has 27 heavy (non-hydrogen) atoms. The maximum Gasteiger partial charge on any atom is 0.246 e. The van der Waals surface area contributed by atoms with Crippen LogP contribution in [0, 0.1) is 0 Å². The molecule has 3 aromatic carbocycles. The molecule has 134 valence electrons. The number of para-hydroxylation sites is 1. The third kappa shape index (κ3) is 3.96. The first-order valence-corrected chi connectivity index (χ1v) is 9.33. The van der Waals surface area contributed by atoms with E-state index in [1.165, 1.54) is 0 Å². The summed E-state index contributed by atoms with van der Waals surface area (Å²) in [5.74, 6) is -0.136. The average molecular weight is 374 g/mol. The normalized spacial score (nSPS) is 10.8. The van der Waals surface area contributed by atoms with Crippen LogP contribution >= 0.6 is 11.8 Å². The molecule has 0 saturated carbocycles. The van der Waals surface area contributed by atoms with Crippen LogP contribution in [-0.2, 0) is 11.3 Å². The van der Waals surface area contributed by atoms with E-state index in [1.54, 1.807) is 22.6 Å². The Balaban J connectivity index is 1.52. The zero-order valence-electron chi connectivity index (χ0n) is 14.5. The Morgan fingerprint density at radius 2 is 1.81 bits per heavy atom. The molecule has 1 amide bonds. The van der Waals surface area contributed by atoms with Gasteiger partial charge in [0.2, 0.25) is 5.91 Å². The van der Waals surface area contributed by atoms with Crippen molar-refractivity contribution in [3.8, 4) is 0 Å². The number of hydrogen-bond donors (Lipinski definition) is 2. The van der Waals surface area contributed by atoms with Crippen molar-refractivity contribution in [2.45, 2.75) is 16.3 Å². The summed E-state index contributed by atoms with van der Waals surface area (Å²) in [4.78, 5) is 14.7. The van der Waals surface area contributed by atoms with Crippen LogP contribution in [0.25, 0.3) is 10.9 Å². The van der Waals surface area contributed by atoms with Crippen molar-refractivity contribution >= 4 is 39.9 Å². The van der Waals surface area contributed by atoms with Crippen molar-refractivity contribution in [3.05, 3.63) is 79.0 Å². The summed E-state index contributed by atoms with van der Waals surface area (Å²) in [6.45, 7) is 0.122. The van der Waals surface area contributed by atoms with Gasteiger partial charge in [0.1, 0.15) is 6.54 Å². The van der Waals surface area contributed by atoms with Crippen LogP contribution < -0.4 is 11.1 Å². The highest BCUT2D eigenvalue weighted by atomic mass is 32.2. The zero-order chi connectivity index (χ0) is 18.6. The second kappa shape index (κ2) is 7.55. The number of nitrogen functional groups attached to an aromatic ring is 1. The molecule has 4 rings (SSSR count). The molecule has 4 aromatic rings. The van der Waals surface area contributed by atoms with Crippen molar-refractivity contribution in [2.75, 3.05) is 11.1 Å². The number of benzene rings is 3. The first-order chi connectivity index (χ1) is 13.2. The fraction of sp³-hybridized carbons (Fsp3) is 0.0476. The van der Waals surface area contributed by atoms with E-state index in [1.807, 2.05) is 72.8 Å². The summed E-state index contributed by atoms with van der Waals surface area (Å²) in [5.41, 5.74) is 8.13. The van der Waals surface area contributed by atoms with Crippen LogP contribution in [0.4, 0.5) is 11.4 Å². The van der Waals surface area contributed by atoms with E-state index in [2.05, 4.69) is 10.4 Å². The molecule has 0 saturated heterocycles. The molecule has 0 unspecified atom stereocenters. The van der Waals surface area contributed by atoms with E-state index in [0.29, 0.717) is 5.69 Å². The van der Waals surface area contributed by atoms with Gasteiger partial charge in [0, 0.05) is 20.9 Å². The van der Waals surface area contributed by atoms with Gasteiger partial charge in [-0.05, 0) is 42.5 Å². The van der Waals surface area contributed by atoms with E-state index in [9.17, 15) is 4.79 Å². The number of carbonyl (C=O) groups excluding carboxylic acids is 1. The largest absolute Gasteiger partial charge is 0.399 e. The van der Waals surface area contributed by atoms with Crippen LogP contribution in [0.2, 0.25) is 0 Å². The average Bonchev–Trinajstić information content (AvgIpc) is 3.06. The maximum atomic E-state index is 12.6. The van der Waals surface area contributed by atoms with Gasteiger partial charge in [0.05, 0.1) is 17.4 Å². The lowest BCUT2D eigenvalue weighted by Gasteiger charge is -2.11. The Bertz CT molecular complexity index is 1090. The highest BCUT2D eigenvalue weighted by molar-refractivity contribution is 7.99. The molecule has 0 aliphatic carbocycles. The number of amides is 1. The van der Waals surface area contributed by atoms with Crippen LogP contribution in [0.1, 0.15) is 0 Å². The van der Waals surface area contributed by atoms with Crippen LogP contribution in [-0.4, -0.2) is 15.7 Å². The van der Waals surface area contributed by atoms with Gasteiger partial charge in [-0.25, -0.2) is 0 Å². The molecule has 1 aromatic heterocycles. The summed E-state index contributed by atoms with van der Waals surface area (Å²) in [6, 6.07) is 23.4. The Hall–Kier alpha value is -3.25. The van der Waals surface area contributed by atoms with Crippen molar-refractivity contribution in [1.29, 1.82) is 0 Å². The van der Waals surface area contributed by atoms with Crippen LogP contribution in [0.3, 0.4) is 0 Å². The number of fused-ring (bicyclic) bond motifs is 1. The first kappa shape index (κ1) is 17.2. The summed E-state index contributed by atoms with van der Waals surface area (Å²) in [5, 5.41) is 8.26. The third-order valence-electron chi connectivity index (χ3n) is 4.09. The monoisotopic (exact) mass is 374 g/mol. The van der Waals surface area contributed by atoms with Crippen molar-refractivity contribution in [3.63, 3.8) is 0 Å². The highest BCUT2D eigenvalue weighted by Gasteiger charge is 2.11. The second-order valence-electron chi connectivity index (χ2n) is 6.08. The second-order valence-corrected chi connectivity index (χ2v) is 7.20. The summed E-state index contributed by atoms with van der Waals surface area (Å²) >= 11 is 1.62. The highest BCUT2D eigenvalue weighted by Crippen LogP contribution is 2.33. The minimum atomic E-state index is -0.136. The van der Waals surface area contributed by atoms with E-state index in [4.69, 9.17) is 5.73 Å². The number of nitrogens with zero attached hydrogens (tertiary/aromatic N) is 2. The number of nitrogens with two attached hydrogens (primary N) is 1. The fourth-order valence-electron chi connectivity index (χ4n) is 2.81. The van der Waals surface area contributed by atoms with Crippen molar-refractivity contribution < 1.29 is 4.79 Å². The quantitative estimate of drug-likeness (QED) is 0.508. The molecule has 0 aliphatic heterocycles. The maximum absolute atomic E-state index is 12.6. The lowest BCUT2D eigenvalue weighted by atomic mass is 10.2. The molecule has 1 heterocycles. The zero-order valence-corrected chi connectivity index (χ0v) is 15.3. The van der Waals surface area contributed by atoms with Crippen molar-refractivity contribution in [1.82, 2.24) is 9.78 Å². The van der Waals surface area contributed by atoms with Gasteiger partial charge in [-0.1, -0.05) is 42.1 Å². The van der Waals surface area contributed by atoms with Crippen LogP contribution in [0.5, 0.6) is 0 Å². The van der Waals surface area contributed by atoms with Gasteiger partial charge in [-0.2, -0.15) is 5.10 Å². The lowest BCUT2D eigenvalue weighted by Crippen LogP contribution is -2.19. The molecule has 0 atom stereocenters. The number of nitrogens with one attached hydrogen (secondary N) is 1. The summed E-state index contributed by atoms with van der Waals surface area (Å²) < 4.78 is 1.66. The molecule has 0 bridgehead atoms. The van der Waals surface area contributed by atoms with Gasteiger partial charge in [0.15, 0.2) is 0 Å². The van der Waals surface area contributed by atoms with Crippen molar-refractivity contribution in [2.24, 2.45) is 0 Å². The molecule has 0 aliphatic rings. The molecule has 5 nitrogen and oxygen atoms in total. The molecule has 0 fully saturated rings. The minimum Gasteiger partial charge on any atom is -0.399 e. The Kier molecular flexibility index (Phi) is 4.80. The van der Waals surface area contributed by atoms with Gasteiger partial charge in [-0.3, -0.25) is 9.48 Å². The number of hydrogen-bond acceptors (Lipinski definition) is 4. The third-order valence-corrected chi connectivity index (χ3v) is 5.18.